The van der Waals surface area contributed by atoms with Crippen molar-refractivity contribution >= 4 is 11.6 Å². The quantitative estimate of drug-likeness (QED) is 0.898. The average molecular weight is 261 g/mol. The summed E-state index contributed by atoms with van der Waals surface area (Å²) < 4.78 is 26.5. The van der Waals surface area contributed by atoms with Crippen LogP contribution in [0.5, 0.6) is 0 Å². The van der Waals surface area contributed by atoms with Crippen molar-refractivity contribution in [2.45, 2.75) is 6.04 Å². The molecule has 0 aliphatic carbocycles. The fourth-order valence-corrected chi connectivity index (χ4v) is 2.23. The monoisotopic (exact) mass is 260 g/mol. The van der Waals surface area contributed by atoms with Gasteiger partial charge in [0.1, 0.15) is 12.5 Å². The topological polar surface area (TPSA) is 15.3 Å². The van der Waals surface area contributed by atoms with Gasteiger partial charge in [-0.25, -0.2) is 8.78 Å². The highest BCUT2D eigenvalue weighted by atomic mass is 35.5. The van der Waals surface area contributed by atoms with E-state index in [9.17, 15) is 8.78 Å². The number of piperazine rings is 1. The van der Waals surface area contributed by atoms with Gasteiger partial charge in [0, 0.05) is 26.2 Å². The van der Waals surface area contributed by atoms with Crippen LogP contribution >= 0.6 is 11.6 Å². The zero-order chi connectivity index (χ0) is 12.3. The molecular weight excluding hydrogens is 246 g/mol. The Morgan fingerprint density at radius 1 is 1.35 bits per heavy atom. The maximum atomic E-state index is 13.4. The third-order valence-electron chi connectivity index (χ3n) is 3.07. The van der Waals surface area contributed by atoms with E-state index in [4.69, 9.17) is 11.6 Å². The first-order valence-corrected chi connectivity index (χ1v) is 6.06. The molecule has 0 radical (unpaired) electrons. The van der Waals surface area contributed by atoms with Crippen molar-refractivity contribution in [3.05, 3.63) is 34.6 Å². The Hall–Kier alpha value is -0.710. The number of nitrogens with one attached hydrogen (secondary N) is 1. The van der Waals surface area contributed by atoms with Gasteiger partial charge in [-0.15, -0.1) is 0 Å². The summed E-state index contributed by atoms with van der Waals surface area (Å²) in [6.45, 7) is 2.72. The molecule has 1 saturated heterocycles. The van der Waals surface area contributed by atoms with E-state index < -0.39 is 12.5 Å². The highest BCUT2D eigenvalue weighted by Gasteiger charge is 2.22. The molecule has 0 bridgehead atoms. The smallest absolute Gasteiger partial charge is 0.142 e. The summed E-state index contributed by atoms with van der Waals surface area (Å²) in [5, 5.41) is 3.28. The van der Waals surface area contributed by atoms with Crippen molar-refractivity contribution in [3.63, 3.8) is 0 Å². The van der Waals surface area contributed by atoms with Gasteiger partial charge in [0.15, 0.2) is 0 Å². The lowest BCUT2D eigenvalue weighted by atomic mass is 10.1. The second-order valence-electron chi connectivity index (χ2n) is 4.13. The van der Waals surface area contributed by atoms with Crippen LogP contribution in [0, 0.1) is 5.82 Å². The zero-order valence-corrected chi connectivity index (χ0v) is 10.2. The molecular formula is C12H15ClF2N2. The summed E-state index contributed by atoms with van der Waals surface area (Å²) in [7, 11) is 0. The van der Waals surface area contributed by atoms with Crippen LogP contribution in [0.2, 0.25) is 5.02 Å². The van der Waals surface area contributed by atoms with Crippen LogP contribution in [-0.2, 0) is 0 Å². The van der Waals surface area contributed by atoms with Gasteiger partial charge < -0.3 is 5.32 Å². The number of benzene rings is 1. The molecule has 0 amide bonds. The SMILES string of the molecule is FC[C@@H](c1ccc(Cl)c(F)c1)N1CCNCC1. The van der Waals surface area contributed by atoms with Gasteiger partial charge in [0.05, 0.1) is 11.1 Å². The standard InChI is InChI=1S/C12H15ClF2N2/c13-10-2-1-9(7-11(10)15)12(8-14)17-5-3-16-4-6-17/h1-2,7,12,16H,3-6,8H2/t12-/m0/s1. The lowest BCUT2D eigenvalue weighted by molar-refractivity contribution is 0.147. The normalized spacial score (nSPS) is 19.2. The summed E-state index contributed by atoms with van der Waals surface area (Å²) in [5.74, 6) is -0.488. The van der Waals surface area contributed by atoms with E-state index in [1.165, 1.54) is 12.1 Å². The summed E-state index contributed by atoms with van der Waals surface area (Å²) >= 11 is 5.62. The number of halogens is 3. The first-order chi connectivity index (χ1) is 8.22. The lowest BCUT2D eigenvalue weighted by Gasteiger charge is -2.33. The maximum Gasteiger partial charge on any atom is 0.142 e. The van der Waals surface area contributed by atoms with Crippen molar-refractivity contribution in [3.8, 4) is 0 Å². The fourth-order valence-electron chi connectivity index (χ4n) is 2.11. The lowest BCUT2D eigenvalue weighted by Crippen LogP contribution is -2.45. The predicted octanol–water partition coefficient (Wildman–Crippen LogP) is 2.39. The first-order valence-electron chi connectivity index (χ1n) is 5.68. The van der Waals surface area contributed by atoms with Crippen LogP contribution in [0.4, 0.5) is 8.78 Å². The molecule has 1 aromatic carbocycles. The second kappa shape index (κ2) is 5.76. The van der Waals surface area contributed by atoms with E-state index in [0.717, 1.165) is 26.2 Å². The Kier molecular flexibility index (Phi) is 4.31. The summed E-state index contributed by atoms with van der Waals surface area (Å²) in [6.07, 6.45) is 0. The summed E-state index contributed by atoms with van der Waals surface area (Å²) in [4.78, 5) is 2.03. The number of hydrogen-bond acceptors (Lipinski definition) is 2. The molecule has 1 atom stereocenters. The Morgan fingerprint density at radius 3 is 2.65 bits per heavy atom. The Morgan fingerprint density at radius 2 is 2.06 bits per heavy atom. The second-order valence-corrected chi connectivity index (χ2v) is 4.54. The van der Waals surface area contributed by atoms with Crippen molar-refractivity contribution in [2.75, 3.05) is 32.9 Å². The molecule has 0 spiro atoms. The highest BCUT2D eigenvalue weighted by molar-refractivity contribution is 6.30. The molecule has 2 rings (SSSR count). The van der Waals surface area contributed by atoms with Gasteiger partial charge in [-0.05, 0) is 17.7 Å². The number of rotatable bonds is 3. The molecule has 1 aliphatic rings. The molecule has 0 unspecified atom stereocenters. The van der Waals surface area contributed by atoms with Gasteiger partial charge >= 0.3 is 0 Å². The predicted molar refractivity (Wildman–Crippen MR) is 64.6 cm³/mol. The van der Waals surface area contributed by atoms with Crippen LogP contribution in [0.15, 0.2) is 18.2 Å². The number of hydrogen-bond donors (Lipinski definition) is 1. The summed E-state index contributed by atoms with van der Waals surface area (Å²) in [6, 6.07) is 4.13. The zero-order valence-electron chi connectivity index (χ0n) is 9.43. The van der Waals surface area contributed by atoms with Gasteiger partial charge in [0.2, 0.25) is 0 Å². The van der Waals surface area contributed by atoms with Gasteiger partial charge in [0.25, 0.3) is 0 Å². The molecule has 17 heavy (non-hydrogen) atoms. The minimum absolute atomic E-state index is 0.0756. The van der Waals surface area contributed by atoms with Crippen LogP contribution in [0.3, 0.4) is 0 Å². The van der Waals surface area contributed by atoms with E-state index in [0.29, 0.717) is 5.56 Å². The van der Waals surface area contributed by atoms with E-state index >= 15 is 0 Å². The van der Waals surface area contributed by atoms with Gasteiger partial charge in [-0.3, -0.25) is 4.90 Å². The molecule has 1 aromatic rings. The molecule has 1 N–H and O–H groups in total. The third-order valence-corrected chi connectivity index (χ3v) is 3.37. The van der Waals surface area contributed by atoms with Crippen LogP contribution < -0.4 is 5.32 Å². The number of alkyl halides is 1. The Balaban J connectivity index is 2.18. The molecule has 94 valence electrons. The fraction of sp³-hybridized carbons (Fsp3) is 0.500. The van der Waals surface area contributed by atoms with E-state index in [2.05, 4.69) is 5.32 Å². The Labute approximate surface area is 105 Å². The van der Waals surface area contributed by atoms with Crippen molar-refractivity contribution < 1.29 is 8.78 Å². The third kappa shape index (κ3) is 2.94. The maximum absolute atomic E-state index is 13.4. The summed E-state index contributed by atoms with van der Waals surface area (Å²) in [5.41, 5.74) is 0.649. The molecule has 2 nitrogen and oxygen atoms in total. The van der Waals surface area contributed by atoms with Crippen LogP contribution in [-0.4, -0.2) is 37.8 Å². The molecule has 1 aliphatic heterocycles. The van der Waals surface area contributed by atoms with E-state index in [1.54, 1.807) is 6.07 Å². The molecule has 5 heteroatoms. The average Bonchev–Trinajstić information content (AvgIpc) is 2.36. The first kappa shape index (κ1) is 12.7. The number of nitrogens with zero attached hydrogens (tertiary/aromatic N) is 1. The van der Waals surface area contributed by atoms with E-state index in [1.807, 2.05) is 4.90 Å². The van der Waals surface area contributed by atoms with E-state index in [-0.39, 0.29) is 11.1 Å². The highest BCUT2D eigenvalue weighted by Crippen LogP contribution is 2.25. The van der Waals surface area contributed by atoms with Crippen molar-refractivity contribution in [2.24, 2.45) is 0 Å². The molecule has 1 heterocycles. The minimum Gasteiger partial charge on any atom is -0.314 e. The van der Waals surface area contributed by atoms with Crippen LogP contribution in [0.25, 0.3) is 0 Å². The van der Waals surface area contributed by atoms with Crippen LogP contribution in [0.1, 0.15) is 11.6 Å². The molecule has 0 saturated carbocycles. The molecule has 0 aromatic heterocycles. The van der Waals surface area contributed by atoms with Gasteiger partial charge in [-0.2, -0.15) is 0 Å². The Bertz CT molecular complexity index is 381. The molecule has 1 fully saturated rings. The van der Waals surface area contributed by atoms with Crippen molar-refractivity contribution in [1.82, 2.24) is 10.2 Å². The van der Waals surface area contributed by atoms with Crippen molar-refractivity contribution in [1.29, 1.82) is 0 Å². The van der Waals surface area contributed by atoms with Gasteiger partial charge in [-0.1, -0.05) is 17.7 Å². The minimum atomic E-state index is -0.513. The largest absolute Gasteiger partial charge is 0.314 e.